The van der Waals surface area contributed by atoms with Gasteiger partial charge in [0.25, 0.3) is 0 Å². The van der Waals surface area contributed by atoms with E-state index in [1.807, 2.05) is 0 Å². The van der Waals surface area contributed by atoms with E-state index in [1.165, 1.54) is 51.4 Å². The topological polar surface area (TPSA) is 0 Å². The van der Waals surface area contributed by atoms with Crippen molar-refractivity contribution in [3.05, 3.63) is 0 Å². The maximum atomic E-state index is 2.52. The molecular weight excluding hydrogens is 156 g/mol. The predicted molar refractivity (Wildman–Crippen MR) is 57.7 cm³/mol. The van der Waals surface area contributed by atoms with Crippen LogP contribution in [0.4, 0.5) is 0 Å². The van der Waals surface area contributed by atoms with Crippen LogP contribution in [0.15, 0.2) is 0 Å². The Labute approximate surface area is 83.1 Å². The zero-order valence-electron chi connectivity index (χ0n) is 9.31. The van der Waals surface area contributed by atoms with Gasteiger partial charge in [-0.1, -0.05) is 33.1 Å². The molecule has 76 valence electrons. The van der Waals surface area contributed by atoms with Crippen LogP contribution in [0.5, 0.6) is 0 Å². The van der Waals surface area contributed by atoms with Gasteiger partial charge in [-0.25, -0.2) is 0 Å². The molecule has 0 heteroatoms. The van der Waals surface area contributed by atoms with E-state index >= 15 is 0 Å². The Morgan fingerprint density at radius 1 is 1.08 bits per heavy atom. The summed E-state index contributed by atoms with van der Waals surface area (Å²) in [4.78, 5) is 0. The maximum Gasteiger partial charge on any atom is -0.0326 e. The van der Waals surface area contributed by atoms with Crippen molar-refractivity contribution >= 4 is 0 Å². The Morgan fingerprint density at radius 3 is 2.38 bits per heavy atom. The normalized spacial score (nSPS) is 45.7. The molecule has 0 radical (unpaired) electrons. The molecule has 1 unspecified atom stereocenters. The van der Waals surface area contributed by atoms with Crippen LogP contribution in [-0.4, -0.2) is 0 Å². The lowest BCUT2D eigenvalue weighted by Crippen LogP contribution is -2.31. The van der Waals surface area contributed by atoms with E-state index in [0.717, 1.165) is 17.3 Å². The van der Waals surface area contributed by atoms with Crippen LogP contribution in [0.25, 0.3) is 0 Å². The van der Waals surface area contributed by atoms with Crippen LogP contribution in [-0.2, 0) is 0 Å². The number of fused-ring (bicyclic) bond motifs is 5. The van der Waals surface area contributed by atoms with Crippen LogP contribution >= 0.6 is 0 Å². The SMILES string of the molecule is CCC1CCCC2(C)CCC1CC2. The first kappa shape index (κ1) is 9.55. The van der Waals surface area contributed by atoms with Crippen LogP contribution in [0.3, 0.4) is 0 Å². The minimum atomic E-state index is 0.745. The highest BCUT2D eigenvalue weighted by molar-refractivity contribution is 4.87. The molecule has 0 saturated heterocycles. The first-order valence-electron chi connectivity index (χ1n) is 6.23. The molecular formula is C13H24. The molecule has 0 nitrogen and oxygen atoms in total. The first-order chi connectivity index (χ1) is 6.23. The molecule has 2 bridgehead atoms. The molecule has 0 aromatic carbocycles. The van der Waals surface area contributed by atoms with Gasteiger partial charge in [0, 0.05) is 0 Å². The summed E-state index contributed by atoms with van der Waals surface area (Å²) >= 11 is 0. The van der Waals surface area contributed by atoms with Crippen molar-refractivity contribution in [2.45, 2.75) is 65.2 Å². The molecule has 0 aromatic heterocycles. The quantitative estimate of drug-likeness (QED) is 0.561. The fourth-order valence-corrected chi connectivity index (χ4v) is 3.62. The van der Waals surface area contributed by atoms with Crippen molar-refractivity contribution < 1.29 is 0 Å². The fourth-order valence-electron chi connectivity index (χ4n) is 3.62. The van der Waals surface area contributed by atoms with Crippen LogP contribution in [0.2, 0.25) is 0 Å². The Morgan fingerprint density at radius 2 is 1.77 bits per heavy atom. The third-order valence-corrected chi connectivity index (χ3v) is 4.78. The highest BCUT2D eigenvalue weighted by Crippen LogP contribution is 2.48. The summed E-state index contributed by atoms with van der Waals surface area (Å²) in [5, 5.41) is 0. The molecule has 3 fully saturated rings. The van der Waals surface area contributed by atoms with Crippen molar-refractivity contribution in [2.24, 2.45) is 17.3 Å². The average molecular weight is 180 g/mol. The zero-order valence-corrected chi connectivity index (χ0v) is 9.31. The average Bonchev–Trinajstić information content (AvgIpc) is 2.10. The van der Waals surface area contributed by atoms with E-state index in [1.54, 1.807) is 0 Å². The van der Waals surface area contributed by atoms with Crippen molar-refractivity contribution in [1.82, 2.24) is 0 Å². The Balaban J connectivity index is 2.04. The van der Waals surface area contributed by atoms with Gasteiger partial charge in [0.1, 0.15) is 0 Å². The lowest BCUT2D eigenvalue weighted by Gasteiger charge is -2.43. The first-order valence-corrected chi connectivity index (χ1v) is 6.23. The Bertz CT molecular complexity index is 157. The lowest BCUT2D eigenvalue weighted by atomic mass is 9.62. The second-order valence-corrected chi connectivity index (χ2v) is 5.71. The minimum Gasteiger partial charge on any atom is -0.0651 e. The Hall–Kier alpha value is 0. The standard InChI is InChI=1S/C13H24/c1-3-11-5-4-8-13(2)9-6-12(11)7-10-13/h11-12H,3-10H2,1-2H3. The van der Waals surface area contributed by atoms with Crippen LogP contribution < -0.4 is 0 Å². The minimum absolute atomic E-state index is 0.745. The summed E-state index contributed by atoms with van der Waals surface area (Å²) < 4.78 is 0. The largest absolute Gasteiger partial charge is 0.0651 e. The van der Waals surface area contributed by atoms with E-state index in [9.17, 15) is 0 Å². The monoisotopic (exact) mass is 180 g/mol. The Kier molecular flexibility index (Phi) is 2.67. The summed E-state index contributed by atoms with van der Waals surface area (Å²) in [5.74, 6) is 2.17. The number of hydrogen-bond donors (Lipinski definition) is 0. The van der Waals surface area contributed by atoms with Crippen molar-refractivity contribution in [3.8, 4) is 0 Å². The molecule has 3 rings (SSSR count). The lowest BCUT2D eigenvalue weighted by molar-refractivity contribution is 0.0862. The predicted octanol–water partition coefficient (Wildman–Crippen LogP) is 4.39. The molecule has 0 spiro atoms. The fraction of sp³-hybridized carbons (Fsp3) is 1.00. The molecule has 3 aliphatic carbocycles. The third-order valence-electron chi connectivity index (χ3n) is 4.78. The molecule has 0 aromatic rings. The molecule has 1 atom stereocenters. The van der Waals surface area contributed by atoms with Gasteiger partial charge in [-0.3, -0.25) is 0 Å². The van der Waals surface area contributed by atoms with Gasteiger partial charge in [-0.2, -0.15) is 0 Å². The van der Waals surface area contributed by atoms with Crippen LogP contribution in [0, 0.1) is 17.3 Å². The van der Waals surface area contributed by atoms with Gasteiger partial charge in [0.05, 0.1) is 0 Å². The van der Waals surface area contributed by atoms with Gasteiger partial charge >= 0.3 is 0 Å². The smallest absolute Gasteiger partial charge is 0.0326 e. The molecule has 0 aliphatic heterocycles. The van der Waals surface area contributed by atoms with Gasteiger partial charge < -0.3 is 0 Å². The summed E-state index contributed by atoms with van der Waals surface area (Å²) in [5.41, 5.74) is 0.745. The number of hydrogen-bond acceptors (Lipinski definition) is 0. The second kappa shape index (κ2) is 3.63. The van der Waals surface area contributed by atoms with E-state index in [0.29, 0.717) is 0 Å². The van der Waals surface area contributed by atoms with E-state index in [-0.39, 0.29) is 0 Å². The summed E-state index contributed by atoms with van der Waals surface area (Å²) in [6.07, 6.45) is 12.1. The zero-order chi connectivity index (χ0) is 9.31. The molecule has 0 amide bonds. The van der Waals surface area contributed by atoms with Gasteiger partial charge in [0.2, 0.25) is 0 Å². The molecule has 3 aliphatic rings. The summed E-state index contributed by atoms with van der Waals surface area (Å²) in [7, 11) is 0. The third kappa shape index (κ3) is 1.92. The van der Waals surface area contributed by atoms with Gasteiger partial charge in [0.15, 0.2) is 0 Å². The van der Waals surface area contributed by atoms with Crippen molar-refractivity contribution in [3.63, 3.8) is 0 Å². The second-order valence-electron chi connectivity index (χ2n) is 5.71. The molecule has 3 saturated carbocycles. The summed E-state index contributed by atoms with van der Waals surface area (Å²) in [6, 6.07) is 0. The summed E-state index contributed by atoms with van der Waals surface area (Å²) in [6.45, 7) is 4.91. The van der Waals surface area contributed by atoms with E-state index in [2.05, 4.69) is 13.8 Å². The highest BCUT2D eigenvalue weighted by atomic mass is 14.4. The van der Waals surface area contributed by atoms with Crippen LogP contribution in [0.1, 0.15) is 65.2 Å². The van der Waals surface area contributed by atoms with Gasteiger partial charge in [-0.05, 0) is 49.4 Å². The molecule has 0 heterocycles. The van der Waals surface area contributed by atoms with Gasteiger partial charge in [-0.15, -0.1) is 0 Å². The maximum absolute atomic E-state index is 2.52. The number of rotatable bonds is 1. The highest BCUT2D eigenvalue weighted by Gasteiger charge is 2.35. The van der Waals surface area contributed by atoms with Crippen molar-refractivity contribution in [1.29, 1.82) is 0 Å². The van der Waals surface area contributed by atoms with Crippen molar-refractivity contribution in [2.75, 3.05) is 0 Å². The van der Waals surface area contributed by atoms with E-state index in [4.69, 9.17) is 0 Å². The van der Waals surface area contributed by atoms with E-state index < -0.39 is 0 Å². The molecule has 13 heavy (non-hydrogen) atoms. The molecule has 0 N–H and O–H groups in total.